The second-order valence-electron chi connectivity index (χ2n) is 14.0. The molecule has 3 aromatic heterocycles. The number of nitrogens with zero attached hydrogens (tertiary/aromatic N) is 3. The third-order valence-electron chi connectivity index (χ3n) is 10.5. The summed E-state index contributed by atoms with van der Waals surface area (Å²) in [6, 6.07) is 64.6. The summed E-state index contributed by atoms with van der Waals surface area (Å²) in [6.07, 6.45) is 0. The summed E-state index contributed by atoms with van der Waals surface area (Å²) in [5, 5.41) is 4.15. The van der Waals surface area contributed by atoms with E-state index in [1.54, 1.807) is 0 Å². The smallest absolute Gasteiger partial charge is 0.164 e. The topological polar surface area (TPSA) is 65.0 Å². The molecular weight excluding hydrogens is 687 g/mol. The summed E-state index contributed by atoms with van der Waals surface area (Å²) in [5.74, 6) is 1.78. The van der Waals surface area contributed by atoms with Crippen LogP contribution in [0, 0.1) is 0 Å². The van der Waals surface area contributed by atoms with Gasteiger partial charge in [-0.3, -0.25) is 0 Å². The zero-order valence-corrected chi connectivity index (χ0v) is 30.1. The molecule has 0 saturated heterocycles. The van der Waals surface area contributed by atoms with Crippen molar-refractivity contribution >= 4 is 43.9 Å². The van der Waals surface area contributed by atoms with E-state index in [1.807, 2.05) is 72.8 Å². The normalized spacial score (nSPS) is 11.6. The van der Waals surface area contributed by atoms with Crippen LogP contribution in [0.25, 0.3) is 111 Å². The largest absolute Gasteiger partial charge is 0.456 e. The van der Waals surface area contributed by atoms with Gasteiger partial charge in [-0.15, -0.1) is 0 Å². The van der Waals surface area contributed by atoms with Crippen LogP contribution in [0.2, 0.25) is 0 Å². The highest BCUT2D eigenvalue weighted by Gasteiger charge is 2.19. The van der Waals surface area contributed by atoms with Gasteiger partial charge in [-0.1, -0.05) is 146 Å². The lowest BCUT2D eigenvalue weighted by Gasteiger charge is -2.11. The van der Waals surface area contributed by atoms with E-state index in [9.17, 15) is 0 Å². The van der Waals surface area contributed by atoms with Crippen LogP contribution in [0.5, 0.6) is 0 Å². The lowest BCUT2D eigenvalue weighted by molar-refractivity contribution is 0.668. The first-order valence-corrected chi connectivity index (χ1v) is 18.7. The van der Waals surface area contributed by atoms with E-state index in [0.717, 1.165) is 82.8 Å². The summed E-state index contributed by atoms with van der Waals surface area (Å²) in [5.41, 5.74) is 12.8. The second-order valence-corrected chi connectivity index (χ2v) is 14.0. The van der Waals surface area contributed by atoms with Gasteiger partial charge in [0.2, 0.25) is 0 Å². The third kappa shape index (κ3) is 5.45. The fourth-order valence-electron chi connectivity index (χ4n) is 7.88. The molecule has 0 atom stereocenters. The van der Waals surface area contributed by atoms with Crippen molar-refractivity contribution < 1.29 is 8.83 Å². The minimum absolute atomic E-state index is 0.586. The number of hydrogen-bond acceptors (Lipinski definition) is 5. The number of benzene rings is 8. The van der Waals surface area contributed by atoms with Crippen LogP contribution in [0.1, 0.15) is 0 Å². The number of fused-ring (bicyclic) bond motifs is 6. The first-order valence-electron chi connectivity index (χ1n) is 18.7. The molecule has 0 fully saturated rings. The molecule has 5 heteroatoms. The molecule has 0 unspecified atom stereocenters. The third-order valence-corrected chi connectivity index (χ3v) is 10.5. The lowest BCUT2D eigenvalue weighted by Crippen LogP contribution is -2.00. The predicted octanol–water partition coefficient (Wildman–Crippen LogP) is 13.7. The van der Waals surface area contributed by atoms with Gasteiger partial charge in [0.05, 0.1) is 0 Å². The van der Waals surface area contributed by atoms with E-state index < -0.39 is 0 Å². The second kappa shape index (κ2) is 13.0. The van der Waals surface area contributed by atoms with Gasteiger partial charge in [0.15, 0.2) is 17.5 Å². The van der Waals surface area contributed by atoms with Gasteiger partial charge in [0, 0.05) is 38.2 Å². The minimum atomic E-state index is 0.586. The Morgan fingerprint density at radius 1 is 0.268 bits per heavy atom. The highest BCUT2D eigenvalue weighted by atomic mass is 16.3. The highest BCUT2D eigenvalue weighted by molar-refractivity contribution is 6.14. The SMILES string of the molecule is c1ccc(-c2cccc(-c3ccc4oc5cccc(-c6cccc(-c7nc(-c8ccccc8)nc(-c8cccc9oc%10ccccc%10c89)n7)c6)c5c4c3)c2)cc1. The van der Waals surface area contributed by atoms with Crippen molar-refractivity contribution in [3.63, 3.8) is 0 Å². The standard InChI is InChI=1S/C51H31N3O2/c1-3-13-32(14-4-1)34-17-9-18-35(29-34)36-27-28-44-42(31-36)47-39(22-11-25-45(47)56-44)37-19-10-20-38(30-37)50-52-49(33-15-5-2-6-16-33)53-51(54-50)41-23-12-26-46-48(41)40-21-7-8-24-43(40)55-46/h1-31H. The first kappa shape index (κ1) is 31.9. The molecule has 11 aromatic rings. The molecule has 56 heavy (non-hydrogen) atoms. The van der Waals surface area contributed by atoms with Crippen LogP contribution in [-0.4, -0.2) is 15.0 Å². The van der Waals surface area contributed by atoms with Gasteiger partial charge >= 0.3 is 0 Å². The van der Waals surface area contributed by atoms with Gasteiger partial charge < -0.3 is 8.83 Å². The molecule has 0 bridgehead atoms. The number of para-hydroxylation sites is 1. The molecule has 8 aromatic carbocycles. The molecule has 0 N–H and O–H groups in total. The zero-order chi connectivity index (χ0) is 37.0. The quantitative estimate of drug-likeness (QED) is 0.171. The van der Waals surface area contributed by atoms with Crippen molar-refractivity contribution in [3.8, 4) is 67.5 Å². The average molecular weight is 718 g/mol. The van der Waals surface area contributed by atoms with Gasteiger partial charge in [-0.05, 0) is 75.8 Å². The first-order chi connectivity index (χ1) is 27.7. The van der Waals surface area contributed by atoms with Crippen molar-refractivity contribution in [2.75, 3.05) is 0 Å². The summed E-state index contributed by atoms with van der Waals surface area (Å²) < 4.78 is 12.7. The summed E-state index contributed by atoms with van der Waals surface area (Å²) in [4.78, 5) is 15.3. The van der Waals surface area contributed by atoms with Crippen molar-refractivity contribution in [1.29, 1.82) is 0 Å². The number of aromatic nitrogens is 3. The average Bonchev–Trinajstić information content (AvgIpc) is 3.85. The number of rotatable bonds is 6. The molecule has 5 nitrogen and oxygen atoms in total. The van der Waals surface area contributed by atoms with Crippen LogP contribution in [0.3, 0.4) is 0 Å². The van der Waals surface area contributed by atoms with E-state index >= 15 is 0 Å². The Kier molecular flexibility index (Phi) is 7.42. The van der Waals surface area contributed by atoms with E-state index in [1.165, 1.54) is 11.1 Å². The molecule has 0 amide bonds. The summed E-state index contributed by atoms with van der Waals surface area (Å²) in [6.45, 7) is 0. The Morgan fingerprint density at radius 2 is 0.750 bits per heavy atom. The predicted molar refractivity (Wildman–Crippen MR) is 227 cm³/mol. The molecule has 3 heterocycles. The molecule has 0 aliphatic carbocycles. The Labute approximate surface area is 322 Å². The Hall–Kier alpha value is -7.63. The van der Waals surface area contributed by atoms with Crippen LogP contribution < -0.4 is 0 Å². The van der Waals surface area contributed by atoms with Crippen LogP contribution in [-0.2, 0) is 0 Å². The molecule has 0 aliphatic rings. The lowest BCUT2D eigenvalue weighted by atomic mass is 9.95. The van der Waals surface area contributed by atoms with Crippen molar-refractivity contribution in [3.05, 3.63) is 188 Å². The Balaban J connectivity index is 1.06. The van der Waals surface area contributed by atoms with Crippen molar-refractivity contribution in [2.45, 2.75) is 0 Å². The van der Waals surface area contributed by atoms with Crippen molar-refractivity contribution in [1.82, 2.24) is 15.0 Å². The molecule has 262 valence electrons. The molecule has 0 spiro atoms. The molecule has 0 saturated carbocycles. The monoisotopic (exact) mass is 717 g/mol. The maximum atomic E-state index is 6.46. The fourth-order valence-corrected chi connectivity index (χ4v) is 7.88. The van der Waals surface area contributed by atoms with E-state index in [-0.39, 0.29) is 0 Å². The molecule has 0 aliphatic heterocycles. The van der Waals surface area contributed by atoms with E-state index in [4.69, 9.17) is 23.8 Å². The minimum Gasteiger partial charge on any atom is -0.456 e. The Bertz CT molecular complexity index is 3250. The fraction of sp³-hybridized carbons (Fsp3) is 0. The van der Waals surface area contributed by atoms with E-state index in [2.05, 4.69) is 115 Å². The molecule has 11 rings (SSSR count). The summed E-state index contributed by atoms with van der Waals surface area (Å²) in [7, 11) is 0. The maximum Gasteiger partial charge on any atom is 0.164 e. The number of furan rings is 2. The van der Waals surface area contributed by atoms with Crippen LogP contribution in [0.15, 0.2) is 197 Å². The molecular formula is C51H31N3O2. The maximum absolute atomic E-state index is 6.46. The zero-order valence-electron chi connectivity index (χ0n) is 30.1. The van der Waals surface area contributed by atoms with Crippen LogP contribution in [0.4, 0.5) is 0 Å². The highest BCUT2D eigenvalue weighted by Crippen LogP contribution is 2.41. The van der Waals surface area contributed by atoms with Crippen LogP contribution >= 0.6 is 0 Å². The van der Waals surface area contributed by atoms with Gasteiger partial charge in [0.1, 0.15) is 22.3 Å². The van der Waals surface area contributed by atoms with Gasteiger partial charge in [-0.2, -0.15) is 0 Å². The van der Waals surface area contributed by atoms with Gasteiger partial charge in [-0.25, -0.2) is 15.0 Å². The summed E-state index contributed by atoms with van der Waals surface area (Å²) >= 11 is 0. The van der Waals surface area contributed by atoms with Crippen molar-refractivity contribution in [2.24, 2.45) is 0 Å². The van der Waals surface area contributed by atoms with Gasteiger partial charge in [0.25, 0.3) is 0 Å². The number of hydrogen-bond donors (Lipinski definition) is 0. The van der Waals surface area contributed by atoms with E-state index in [0.29, 0.717) is 17.5 Å². The Morgan fingerprint density at radius 3 is 1.52 bits per heavy atom. The molecule has 0 radical (unpaired) electrons.